The summed E-state index contributed by atoms with van der Waals surface area (Å²) in [5, 5.41) is 18.4. The molecule has 1 aliphatic rings. The molecule has 2 unspecified atom stereocenters. The Hall–Kier alpha value is 0.295. The van der Waals surface area contributed by atoms with E-state index in [0.29, 0.717) is 0 Å². The molecule has 0 radical (unpaired) electrons. The van der Waals surface area contributed by atoms with Crippen molar-refractivity contribution < 1.29 is 14.6 Å². The average molecular weight is 206 g/mol. The average Bonchev–Trinajstić information content (AvgIpc) is 2.03. The quantitative estimate of drug-likeness (QED) is 0.597. The van der Waals surface area contributed by atoms with Gasteiger partial charge in [0.2, 0.25) is 0 Å². The molecule has 2 atom stereocenters. The highest BCUT2D eigenvalue weighted by Gasteiger charge is 2.39. The molecule has 1 aliphatic carbocycles. The van der Waals surface area contributed by atoms with E-state index in [4.69, 9.17) is 10.0 Å². The molecule has 13 heavy (non-hydrogen) atoms. The Bertz CT molecular complexity index is 169. The molecule has 1 saturated carbocycles. The maximum absolute atomic E-state index is 9.92. The third-order valence-corrected chi connectivity index (χ3v) is 4.94. The molecule has 0 aliphatic heterocycles. The van der Waals surface area contributed by atoms with Crippen LogP contribution < -0.4 is 0 Å². The van der Waals surface area contributed by atoms with Crippen molar-refractivity contribution in [2.24, 2.45) is 0 Å². The van der Waals surface area contributed by atoms with E-state index in [0.717, 1.165) is 25.7 Å². The van der Waals surface area contributed by atoms with Gasteiger partial charge in [0.25, 0.3) is 0 Å². The van der Waals surface area contributed by atoms with Crippen LogP contribution in [0.5, 0.6) is 0 Å². The van der Waals surface area contributed by atoms with Crippen molar-refractivity contribution in [3.8, 4) is 0 Å². The normalized spacial score (nSPS) is 31.5. The SMILES string of the molecule is CS(C)(O)C1CCCCC1B(O)O. The third-order valence-electron chi connectivity index (χ3n) is 2.88. The van der Waals surface area contributed by atoms with Crippen molar-refractivity contribution in [2.45, 2.75) is 36.8 Å². The minimum absolute atomic E-state index is 0.0984. The number of hydrogen-bond acceptors (Lipinski definition) is 3. The largest absolute Gasteiger partial charge is 0.455 e. The van der Waals surface area contributed by atoms with Gasteiger partial charge in [-0.15, -0.1) is 10.3 Å². The lowest BCUT2D eigenvalue weighted by Gasteiger charge is -2.42. The van der Waals surface area contributed by atoms with Gasteiger partial charge in [0, 0.05) is 11.1 Å². The molecule has 0 amide bonds. The van der Waals surface area contributed by atoms with Crippen molar-refractivity contribution in [2.75, 3.05) is 12.5 Å². The first-order valence-corrected chi connectivity index (χ1v) is 7.20. The molecule has 0 heterocycles. The first-order valence-electron chi connectivity index (χ1n) is 4.73. The molecule has 1 fully saturated rings. The highest BCUT2D eigenvalue weighted by molar-refractivity contribution is 8.28. The molecular weight excluding hydrogens is 187 g/mol. The van der Waals surface area contributed by atoms with Crippen LogP contribution in [0, 0.1) is 0 Å². The first-order chi connectivity index (χ1) is 5.93. The molecule has 0 aromatic carbocycles. The van der Waals surface area contributed by atoms with Gasteiger partial charge in [-0.3, -0.25) is 0 Å². The second-order valence-corrected chi connectivity index (χ2v) is 7.56. The summed E-state index contributed by atoms with van der Waals surface area (Å²) in [7, 11) is -2.90. The van der Waals surface area contributed by atoms with Gasteiger partial charge in [-0.05, 0) is 18.9 Å². The Morgan fingerprint density at radius 2 is 1.69 bits per heavy atom. The van der Waals surface area contributed by atoms with Crippen molar-refractivity contribution in [1.29, 1.82) is 0 Å². The Kier molecular flexibility index (Phi) is 3.68. The molecular formula is C8H19BO3S. The Morgan fingerprint density at radius 1 is 1.15 bits per heavy atom. The molecule has 5 heteroatoms. The van der Waals surface area contributed by atoms with Crippen LogP contribution in [0.25, 0.3) is 0 Å². The molecule has 0 aromatic heterocycles. The summed E-state index contributed by atoms with van der Waals surface area (Å²) in [6.45, 7) is 0. The summed E-state index contributed by atoms with van der Waals surface area (Å²) >= 11 is 0. The van der Waals surface area contributed by atoms with Crippen LogP contribution in [-0.2, 0) is 0 Å². The summed E-state index contributed by atoms with van der Waals surface area (Å²) < 4.78 is 9.92. The summed E-state index contributed by atoms with van der Waals surface area (Å²) in [6.07, 6.45) is 7.58. The van der Waals surface area contributed by atoms with Gasteiger partial charge in [-0.1, -0.05) is 19.3 Å². The zero-order valence-electron chi connectivity index (χ0n) is 8.31. The van der Waals surface area contributed by atoms with E-state index in [9.17, 15) is 4.55 Å². The maximum Gasteiger partial charge on any atom is 0.455 e. The fraction of sp³-hybridized carbons (Fsp3) is 1.00. The van der Waals surface area contributed by atoms with Crippen LogP contribution in [0.2, 0.25) is 5.82 Å². The first kappa shape index (κ1) is 11.4. The van der Waals surface area contributed by atoms with E-state index < -0.39 is 17.4 Å². The minimum Gasteiger partial charge on any atom is -0.427 e. The van der Waals surface area contributed by atoms with E-state index in [1.807, 2.05) is 12.5 Å². The molecule has 0 spiro atoms. The zero-order chi connectivity index (χ0) is 10.1. The fourth-order valence-corrected chi connectivity index (χ4v) is 4.06. The van der Waals surface area contributed by atoms with E-state index in [1.54, 1.807) is 0 Å². The highest BCUT2D eigenvalue weighted by atomic mass is 32.3. The highest BCUT2D eigenvalue weighted by Crippen LogP contribution is 2.52. The lowest BCUT2D eigenvalue weighted by molar-refractivity contribution is 0.351. The van der Waals surface area contributed by atoms with Gasteiger partial charge in [-0.25, -0.2) is 0 Å². The van der Waals surface area contributed by atoms with E-state index in [-0.39, 0.29) is 11.1 Å². The van der Waals surface area contributed by atoms with Crippen molar-refractivity contribution in [3.63, 3.8) is 0 Å². The second kappa shape index (κ2) is 4.21. The summed E-state index contributed by atoms with van der Waals surface area (Å²) in [5.41, 5.74) is 0. The van der Waals surface area contributed by atoms with Crippen LogP contribution in [0.1, 0.15) is 25.7 Å². The second-order valence-electron chi connectivity index (χ2n) is 4.25. The Labute approximate surface area is 81.8 Å². The molecule has 0 saturated heterocycles. The van der Waals surface area contributed by atoms with Gasteiger partial charge < -0.3 is 14.6 Å². The van der Waals surface area contributed by atoms with Gasteiger partial charge in [0.1, 0.15) is 0 Å². The Balaban J connectivity index is 2.67. The molecule has 3 N–H and O–H groups in total. The van der Waals surface area contributed by atoms with Crippen molar-refractivity contribution >= 4 is 17.4 Å². The van der Waals surface area contributed by atoms with Crippen LogP contribution in [0.3, 0.4) is 0 Å². The summed E-state index contributed by atoms with van der Waals surface area (Å²) in [5.74, 6) is -0.122. The molecule has 1 rings (SSSR count). The van der Waals surface area contributed by atoms with E-state index >= 15 is 0 Å². The molecule has 0 aromatic rings. The molecule has 3 nitrogen and oxygen atoms in total. The lowest BCUT2D eigenvalue weighted by atomic mass is 9.65. The predicted octanol–water partition coefficient (Wildman–Crippen LogP) is 1.31. The molecule has 78 valence electrons. The fourth-order valence-electron chi connectivity index (χ4n) is 2.18. The summed E-state index contributed by atoms with van der Waals surface area (Å²) in [6, 6.07) is 0. The number of rotatable bonds is 2. The van der Waals surface area contributed by atoms with E-state index in [1.165, 1.54) is 0 Å². The van der Waals surface area contributed by atoms with Crippen LogP contribution in [0.15, 0.2) is 0 Å². The minimum atomic E-state index is -1.64. The van der Waals surface area contributed by atoms with Gasteiger partial charge >= 0.3 is 7.12 Å². The maximum atomic E-state index is 9.92. The van der Waals surface area contributed by atoms with Crippen LogP contribution in [0.4, 0.5) is 0 Å². The number of hydrogen-bond donors (Lipinski definition) is 3. The predicted molar refractivity (Wildman–Crippen MR) is 58.3 cm³/mol. The standard InChI is InChI=1S/C8H19BO3S/c1-13(2,12)8-6-4-3-5-7(8)9(10)11/h7-8,10-12H,3-6H2,1-2H3. The van der Waals surface area contributed by atoms with Crippen LogP contribution >= 0.6 is 10.3 Å². The van der Waals surface area contributed by atoms with Crippen molar-refractivity contribution in [3.05, 3.63) is 0 Å². The summed E-state index contributed by atoms with van der Waals surface area (Å²) in [4.78, 5) is 0. The van der Waals surface area contributed by atoms with Gasteiger partial charge in [-0.2, -0.15) is 0 Å². The third kappa shape index (κ3) is 2.87. The monoisotopic (exact) mass is 206 g/mol. The van der Waals surface area contributed by atoms with E-state index in [2.05, 4.69) is 0 Å². The van der Waals surface area contributed by atoms with Gasteiger partial charge in [0.15, 0.2) is 0 Å². The zero-order valence-corrected chi connectivity index (χ0v) is 9.13. The smallest absolute Gasteiger partial charge is 0.427 e. The van der Waals surface area contributed by atoms with Gasteiger partial charge in [0.05, 0.1) is 0 Å². The van der Waals surface area contributed by atoms with Crippen molar-refractivity contribution in [1.82, 2.24) is 0 Å². The lowest BCUT2D eigenvalue weighted by Crippen LogP contribution is -2.35. The Morgan fingerprint density at radius 3 is 2.08 bits per heavy atom. The topological polar surface area (TPSA) is 60.7 Å². The van der Waals surface area contributed by atoms with Crippen LogP contribution in [-0.4, -0.2) is 39.5 Å². The molecule has 0 bridgehead atoms.